The molecule has 0 spiro atoms. The van der Waals surface area contributed by atoms with Gasteiger partial charge in [0, 0.05) is 21.7 Å². The van der Waals surface area contributed by atoms with Gasteiger partial charge >= 0.3 is 5.97 Å². The molecule has 2 aromatic heterocycles. The van der Waals surface area contributed by atoms with E-state index < -0.39 is 18.0 Å². The summed E-state index contributed by atoms with van der Waals surface area (Å²) >= 11 is 5.77. The molecule has 4 rings (SSSR count). The molecule has 1 saturated carbocycles. The fourth-order valence-corrected chi connectivity index (χ4v) is 3.24. The smallest absolute Gasteiger partial charge is 0.356 e. The number of aromatic nitrogens is 3. The fraction of sp³-hybridized carbons (Fsp3) is 0.235. The molecule has 9 heteroatoms. The van der Waals surface area contributed by atoms with Crippen LogP contribution in [0.4, 0.5) is 8.78 Å². The van der Waals surface area contributed by atoms with Gasteiger partial charge in [-0.15, -0.1) is 0 Å². The van der Waals surface area contributed by atoms with Crippen molar-refractivity contribution in [2.75, 3.05) is 0 Å². The lowest BCUT2D eigenvalue weighted by molar-refractivity contribution is 0.0689. The largest absolute Gasteiger partial charge is 0.476 e. The second-order valence-electron chi connectivity index (χ2n) is 6.17. The minimum absolute atomic E-state index is 0.00604. The number of halogens is 3. The van der Waals surface area contributed by atoms with Gasteiger partial charge < -0.3 is 10.1 Å². The molecule has 1 aromatic carbocycles. The Morgan fingerprint density at radius 3 is 2.73 bits per heavy atom. The Kier molecular flexibility index (Phi) is 3.80. The Morgan fingerprint density at radius 1 is 1.38 bits per heavy atom. The standard InChI is InChI=1S/C17H12ClF2N3O3/c18-10-4-3-8(5-9(10)15(19)20)11-6-23-14(16(24)21-11)12(7-1-2-7)13(22-23)17(25)26/h3-7,15H,1-2H2,(H,21,24)(H,25,26). The maximum absolute atomic E-state index is 13.1. The minimum Gasteiger partial charge on any atom is -0.476 e. The van der Waals surface area contributed by atoms with E-state index in [9.17, 15) is 23.5 Å². The zero-order valence-corrected chi connectivity index (χ0v) is 13.9. The van der Waals surface area contributed by atoms with Crippen LogP contribution < -0.4 is 5.56 Å². The van der Waals surface area contributed by atoms with Gasteiger partial charge in [0.1, 0.15) is 5.52 Å². The van der Waals surface area contributed by atoms with E-state index in [1.807, 2.05) is 0 Å². The second kappa shape index (κ2) is 5.91. The molecule has 0 radical (unpaired) electrons. The molecule has 26 heavy (non-hydrogen) atoms. The molecule has 3 aromatic rings. The first kappa shape index (κ1) is 16.7. The molecular weight excluding hydrogens is 368 g/mol. The van der Waals surface area contributed by atoms with Gasteiger partial charge in [-0.1, -0.05) is 17.7 Å². The molecule has 2 heterocycles. The molecule has 1 aliphatic carbocycles. The number of benzene rings is 1. The summed E-state index contributed by atoms with van der Waals surface area (Å²) in [6, 6.07) is 4.00. The Morgan fingerprint density at radius 2 is 2.12 bits per heavy atom. The Balaban J connectivity index is 1.93. The number of aromatic amines is 1. The molecule has 1 aliphatic rings. The molecule has 134 valence electrons. The number of nitrogens with one attached hydrogen (secondary N) is 1. The highest BCUT2D eigenvalue weighted by Crippen LogP contribution is 2.43. The number of carboxylic acids is 1. The van der Waals surface area contributed by atoms with Crippen molar-refractivity contribution in [3.63, 3.8) is 0 Å². The summed E-state index contributed by atoms with van der Waals surface area (Å²) in [5.74, 6) is -1.20. The summed E-state index contributed by atoms with van der Waals surface area (Å²) in [7, 11) is 0. The highest BCUT2D eigenvalue weighted by atomic mass is 35.5. The Bertz CT molecular complexity index is 1100. The molecule has 0 aliphatic heterocycles. The summed E-state index contributed by atoms with van der Waals surface area (Å²) in [6.07, 6.45) is 0.269. The molecule has 6 nitrogen and oxygen atoms in total. The quantitative estimate of drug-likeness (QED) is 0.720. The number of alkyl halides is 2. The van der Waals surface area contributed by atoms with Crippen LogP contribution in [0, 0.1) is 0 Å². The molecular formula is C17H12ClF2N3O3. The number of carboxylic acid groups (broad SMARTS) is 1. The fourth-order valence-electron chi connectivity index (χ4n) is 3.04. The molecule has 0 amide bonds. The lowest BCUT2D eigenvalue weighted by atomic mass is 10.1. The zero-order chi connectivity index (χ0) is 18.6. The van der Waals surface area contributed by atoms with E-state index in [0.717, 1.165) is 12.8 Å². The van der Waals surface area contributed by atoms with Gasteiger partial charge in [-0.3, -0.25) is 4.79 Å². The molecule has 1 fully saturated rings. The number of aromatic carboxylic acids is 1. The van der Waals surface area contributed by atoms with Gasteiger partial charge in [0.2, 0.25) is 0 Å². The second-order valence-corrected chi connectivity index (χ2v) is 6.58. The van der Waals surface area contributed by atoms with Crippen LogP contribution in [0.2, 0.25) is 5.02 Å². The first-order chi connectivity index (χ1) is 12.4. The molecule has 0 atom stereocenters. The van der Waals surface area contributed by atoms with E-state index in [2.05, 4.69) is 10.1 Å². The number of H-pyrrole nitrogens is 1. The monoisotopic (exact) mass is 379 g/mol. The molecule has 0 bridgehead atoms. The van der Waals surface area contributed by atoms with E-state index in [0.29, 0.717) is 11.1 Å². The molecule has 0 unspecified atom stereocenters. The predicted octanol–water partition coefficient (Wildman–Crippen LogP) is 3.86. The lowest BCUT2D eigenvalue weighted by Gasteiger charge is -2.07. The maximum atomic E-state index is 13.1. The van der Waals surface area contributed by atoms with Gasteiger partial charge in [0.15, 0.2) is 5.69 Å². The molecule has 0 saturated heterocycles. The Labute approximate surface area is 150 Å². The van der Waals surface area contributed by atoms with Crippen molar-refractivity contribution in [2.24, 2.45) is 0 Å². The van der Waals surface area contributed by atoms with Crippen molar-refractivity contribution in [3.8, 4) is 11.3 Å². The van der Waals surface area contributed by atoms with Crippen LogP contribution in [0.25, 0.3) is 16.8 Å². The number of rotatable bonds is 4. The van der Waals surface area contributed by atoms with Crippen LogP contribution in [0.1, 0.15) is 46.8 Å². The third-order valence-electron chi connectivity index (χ3n) is 4.39. The average Bonchev–Trinajstić information content (AvgIpc) is 3.34. The normalized spacial score (nSPS) is 14.3. The number of carbonyl (C=O) groups is 1. The highest BCUT2D eigenvalue weighted by Gasteiger charge is 2.34. The van der Waals surface area contributed by atoms with Crippen molar-refractivity contribution in [2.45, 2.75) is 25.2 Å². The van der Waals surface area contributed by atoms with E-state index >= 15 is 0 Å². The topological polar surface area (TPSA) is 87.5 Å². The number of hydrogen-bond donors (Lipinski definition) is 2. The Hall–Kier alpha value is -2.74. The summed E-state index contributed by atoms with van der Waals surface area (Å²) < 4.78 is 27.3. The highest BCUT2D eigenvalue weighted by molar-refractivity contribution is 6.31. The van der Waals surface area contributed by atoms with Gasteiger partial charge in [0.05, 0.1) is 11.9 Å². The SMILES string of the molecule is O=C(O)c1nn2cc(-c3ccc(Cl)c(C(F)F)c3)[nH]c(=O)c2c1C1CC1. The third-order valence-corrected chi connectivity index (χ3v) is 4.74. The van der Waals surface area contributed by atoms with Gasteiger partial charge in [-0.05, 0) is 30.9 Å². The van der Waals surface area contributed by atoms with Crippen molar-refractivity contribution in [1.29, 1.82) is 0 Å². The first-order valence-corrected chi connectivity index (χ1v) is 8.21. The van der Waals surface area contributed by atoms with Gasteiger partial charge in [0.25, 0.3) is 12.0 Å². The summed E-state index contributed by atoms with van der Waals surface area (Å²) in [4.78, 5) is 26.7. The van der Waals surface area contributed by atoms with Crippen molar-refractivity contribution < 1.29 is 18.7 Å². The van der Waals surface area contributed by atoms with Crippen LogP contribution >= 0.6 is 11.6 Å². The molecule has 2 N–H and O–H groups in total. The van der Waals surface area contributed by atoms with Gasteiger partial charge in [-0.25, -0.2) is 18.1 Å². The van der Waals surface area contributed by atoms with Crippen LogP contribution in [-0.2, 0) is 0 Å². The van der Waals surface area contributed by atoms with Crippen molar-refractivity contribution >= 4 is 23.1 Å². The van der Waals surface area contributed by atoms with E-state index in [4.69, 9.17) is 11.6 Å². The number of hydrogen-bond acceptors (Lipinski definition) is 3. The summed E-state index contributed by atoms with van der Waals surface area (Å²) in [5.41, 5.74) is 0.145. The van der Waals surface area contributed by atoms with E-state index in [-0.39, 0.29) is 33.4 Å². The minimum atomic E-state index is -2.76. The third kappa shape index (κ3) is 2.66. The van der Waals surface area contributed by atoms with E-state index in [1.165, 1.54) is 28.9 Å². The first-order valence-electron chi connectivity index (χ1n) is 7.83. The summed E-state index contributed by atoms with van der Waals surface area (Å²) in [6.45, 7) is 0. The van der Waals surface area contributed by atoms with Crippen LogP contribution in [-0.4, -0.2) is 25.7 Å². The predicted molar refractivity (Wildman–Crippen MR) is 90.2 cm³/mol. The van der Waals surface area contributed by atoms with Crippen LogP contribution in [0.5, 0.6) is 0 Å². The maximum Gasteiger partial charge on any atom is 0.356 e. The van der Waals surface area contributed by atoms with Crippen LogP contribution in [0.3, 0.4) is 0 Å². The number of fused-ring (bicyclic) bond motifs is 1. The van der Waals surface area contributed by atoms with Gasteiger partial charge in [-0.2, -0.15) is 5.10 Å². The van der Waals surface area contributed by atoms with Crippen LogP contribution in [0.15, 0.2) is 29.2 Å². The van der Waals surface area contributed by atoms with E-state index in [1.54, 1.807) is 0 Å². The summed E-state index contributed by atoms with van der Waals surface area (Å²) in [5, 5.41) is 13.3. The van der Waals surface area contributed by atoms with Crippen molar-refractivity contribution in [3.05, 3.63) is 56.6 Å². The number of nitrogens with zero attached hydrogens (tertiary/aromatic N) is 2. The zero-order valence-electron chi connectivity index (χ0n) is 13.2. The lowest BCUT2D eigenvalue weighted by Crippen LogP contribution is -2.12. The average molecular weight is 380 g/mol. The van der Waals surface area contributed by atoms with Crippen molar-refractivity contribution in [1.82, 2.24) is 14.6 Å².